The Labute approximate surface area is 134 Å². The molecule has 0 radical (unpaired) electrons. The fraction of sp³-hybridized carbons (Fsp3) is 0.353. The van der Waals surface area contributed by atoms with Gasteiger partial charge in [-0.2, -0.15) is 4.98 Å². The van der Waals surface area contributed by atoms with Gasteiger partial charge in [0, 0.05) is 17.8 Å². The highest BCUT2D eigenvalue weighted by Crippen LogP contribution is 2.13. The molecule has 0 saturated carbocycles. The third-order valence-electron chi connectivity index (χ3n) is 3.77. The molecule has 1 heterocycles. The number of amides is 1. The lowest BCUT2D eigenvalue weighted by atomic mass is 10.0. The van der Waals surface area contributed by atoms with Gasteiger partial charge in [0.15, 0.2) is 0 Å². The van der Waals surface area contributed by atoms with Gasteiger partial charge in [0.25, 0.3) is 0 Å². The first-order chi connectivity index (χ1) is 11.0. The molecule has 122 valence electrons. The van der Waals surface area contributed by atoms with Crippen LogP contribution in [0.25, 0.3) is 0 Å². The summed E-state index contributed by atoms with van der Waals surface area (Å²) in [6.07, 6.45) is 0.749. The number of carbonyl (C=O) groups is 1. The van der Waals surface area contributed by atoms with E-state index in [0.29, 0.717) is 12.1 Å². The molecule has 0 spiro atoms. The zero-order chi connectivity index (χ0) is 16.8. The van der Waals surface area contributed by atoms with Crippen molar-refractivity contribution in [1.82, 2.24) is 15.3 Å². The minimum atomic E-state index is -0.417. The summed E-state index contributed by atoms with van der Waals surface area (Å²) in [6, 6.07) is 8.92. The van der Waals surface area contributed by atoms with Crippen molar-refractivity contribution in [3.8, 4) is 0 Å². The zero-order valence-corrected chi connectivity index (χ0v) is 13.3. The van der Waals surface area contributed by atoms with Crippen LogP contribution in [0.3, 0.4) is 0 Å². The van der Waals surface area contributed by atoms with E-state index in [4.69, 9.17) is 0 Å². The van der Waals surface area contributed by atoms with Crippen LogP contribution < -0.4 is 11.0 Å². The van der Waals surface area contributed by atoms with Crippen LogP contribution in [-0.4, -0.2) is 27.6 Å². The Morgan fingerprint density at radius 3 is 2.61 bits per heavy atom. The molecule has 6 nitrogen and oxygen atoms in total. The van der Waals surface area contributed by atoms with E-state index in [9.17, 15) is 14.7 Å². The molecular weight excluding hydrogens is 294 g/mol. The summed E-state index contributed by atoms with van der Waals surface area (Å²) >= 11 is 0. The number of nitrogens with zero attached hydrogens (tertiary/aromatic N) is 1. The van der Waals surface area contributed by atoms with E-state index in [1.807, 2.05) is 30.3 Å². The van der Waals surface area contributed by atoms with E-state index >= 15 is 0 Å². The minimum absolute atomic E-state index is 0.155. The lowest BCUT2D eigenvalue weighted by molar-refractivity contribution is -0.122. The summed E-state index contributed by atoms with van der Waals surface area (Å²) in [7, 11) is 0. The molecule has 1 atom stereocenters. The van der Waals surface area contributed by atoms with Crippen LogP contribution in [0.1, 0.15) is 35.0 Å². The number of nitrogens with one attached hydrogen (secondary N) is 2. The van der Waals surface area contributed by atoms with Crippen LogP contribution in [0.2, 0.25) is 0 Å². The number of aliphatic hydroxyl groups excluding tert-OH is 1. The van der Waals surface area contributed by atoms with Gasteiger partial charge < -0.3 is 15.4 Å². The molecule has 1 amide bonds. The highest BCUT2D eigenvalue weighted by molar-refractivity contribution is 5.76. The SMILES string of the molecule is Cc1nc(=O)[nH]c(C)c1CCC(=O)N[C@H](CO)c1ccccc1. The number of aliphatic hydroxyl groups is 1. The lowest BCUT2D eigenvalue weighted by Gasteiger charge is -2.17. The minimum Gasteiger partial charge on any atom is -0.394 e. The second-order valence-corrected chi connectivity index (χ2v) is 5.44. The molecular formula is C17H21N3O3. The Balaban J connectivity index is 1.99. The van der Waals surface area contributed by atoms with Crippen molar-refractivity contribution < 1.29 is 9.90 Å². The third kappa shape index (κ3) is 4.50. The van der Waals surface area contributed by atoms with E-state index in [1.165, 1.54) is 0 Å². The summed E-state index contributed by atoms with van der Waals surface area (Å²) in [4.78, 5) is 29.9. The van der Waals surface area contributed by atoms with Gasteiger partial charge in [-0.3, -0.25) is 4.79 Å². The molecule has 0 fully saturated rings. The van der Waals surface area contributed by atoms with Gasteiger partial charge in [0.2, 0.25) is 5.91 Å². The molecule has 6 heteroatoms. The van der Waals surface area contributed by atoms with Crippen molar-refractivity contribution in [2.75, 3.05) is 6.61 Å². The number of hydrogen-bond acceptors (Lipinski definition) is 4. The zero-order valence-electron chi connectivity index (χ0n) is 13.3. The van der Waals surface area contributed by atoms with Gasteiger partial charge in [-0.05, 0) is 31.4 Å². The van der Waals surface area contributed by atoms with Crippen molar-refractivity contribution in [3.05, 3.63) is 63.3 Å². The average Bonchev–Trinajstić information content (AvgIpc) is 2.52. The third-order valence-corrected chi connectivity index (χ3v) is 3.77. The molecule has 1 aromatic carbocycles. The summed E-state index contributed by atoms with van der Waals surface area (Å²) in [6.45, 7) is 3.40. The fourth-order valence-electron chi connectivity index (χ4n) is 2.55. The second kappa shape index (κ2) is 7.69. The molecule has 0 aliphatic rings. The van der Waals surface area contributed by atoms with Crippen LogP contribution in [0.4, 0.5) is 0 Å². The molecule has 0 aliphatic heterocycles. The number of carbonyl (C=O) groups excluding carboxylic acids is 1. The molecule has 2 aromatic rings. The molecule has 0 saturated heterocycles. The number of aromatic nitrogens is 2. The van der Waals surface area contributed by atoms with Crippen molar-refractivity contribution in [2.45, 2.75) is 32.7 Å². The van der Waals surface area contributed by atoms with Gasteiger partial charge in [-0.25, -0.2) is 4.79 Å². The fourth-order valence-corrected chi connectivity index (χ4v) is 2.55. The Kier molecular flexibility index (Phi) is 5.65. The van der Waals surface area contributed by atoms with Crippen molar-refractivity contribution in [3.63, 3.8) is 0 Å². The molecule has 3 N–H and O–H groups in total. The predicted octanol–water partition coefficient (Wildman–Crippen LogP) is 1.17. The molecule has 0 aliphatic carbocycles. The first kappa shape index (κ1) is 16.9. The molecule has 0 unspecified atom stereocenters. The number of aryl methyl sites for hydroxylation is 2. The van der Waals surface area contributed by atoms with Crippen LogP contribution in [-0.2, 0) is 11.2 Å². The van der Waals surface area contributed by atoms with E-state index in [1.54, 1.807) is 13.8 Å². The largest absolute Gasteiger partial charge is 0.394 e. The van der Waals surface area contributed by atoms with Gasteiger partial charge >= 0.3 is 5.69 Å². The number of hydrogen-bond donors (Lipinski definition) is 3. The van der Waals surface area contributed by atoms with E-state index in [-0.39, 0.29) is 24.6 Å². The monoisotopic (exact) mass is 315 g/mol. The first-order valence-electron chi connectivity index (χ1n) is 7.53. The van der Waals surface area contributed by atoms with Gasteiger partial charge in [-0.15, -0.1) is 0 Å². The standard InChI is InChI=1S/C17H21N3O3/c1-11-14(12(2)19-17(23)18-11)8-9-16(22)20-15(10-21)13-6-4-3-5-7-13/h3-7,15,21H,8-10H2,1-2H3,(H,20,22)(H,18,19,23)/t15-/m1/s1. The summed E-state index contributed by atoms with van der Waals surface area (Å²) in [5, 5.41) is 12.3. The quantitative estimate of drug-likeness (QED) is 0.745. The van der Waals surface area contributed by atoms with E-state index in [2.05, 4.69) is 15.3 Å². The highest BCUT2D eigenvalue weighted by atomic mass is 16.3. The highest BCUT2D eigenvalue weighted by Gasteiger charge is 2.14. The van der Waals surface area contributed by atoms with Gasteiger partial charge in [0.1, 0.15) is 0 Å². The van der Waals surface area contributed by atoms with E-state index < -0.39 is 6.04 Å². The van der Waals surface area contributed by atoms with Crippen molar-refractivity contribution in [1.29, 1.82) is 0 Å². The molecule has 2 rings (SSSR count). The Bertz CT molecular complexity index is 699. The van der Waals surface area contributed by atoms with Crippen molar-refractivity contribution in [2.24, 2.45) is 0 Å². The Hall–Kier alpha value is -2.47. The summed E-state index contributed by atoms with van der Waals surface area (Å²) in [5.74, 6) is -0.155. The maximum atomic E-state index is 12.1. The predicted molar refractivity (Wildman–Crippen MR) is 87.1 cm³/mol. The topological polar surface area (TPSA) is 95.1 Å². The molecule has 0 bridgehead atoms. The van der Waals surface area contributed by atoms with Gasteiger partial charge in [-0.1, -0.05) is 30.3 Å². The number of rotatable bonds is 6. The maximum absolute atomic E-state index is 12.1. The van der Waals surface area contributed by atoms with Crippen molar-refractivity contribution >= 4 is 5.91 Å². The van der Waals surface area contributed by atoms with Crippen LogP contribution in [0.5, 0.6) is 0 Å². The van der Waals surface area contributed by atoms with E-state index in [0.717, 1.165) is 16.8 Å². The smallest absolute Gasteiger partial charge is 0.345 e. The number of H-pyrrole nitrogens is 1. The Morgan fingerprint density at radius 1 is 1.30 bits per heavy atom. The van der Waals surface area contributed by atoms with Gasteiger partial charge in [0.05, 0.1) is 12.6 Å². The Morgan fingerprint density at radius 2 is 2.00 bits per heavy atom. The van der Waals surface area contributed by atoms with Crippen LogP contribution in [0, 0.1) is 13.8 Å². The molecule has 1 aromatic heterocycles. The lowest BCUT2D eigenvalue weighted by Crippen LogP contribution is -2.31. The normalized spacial score (nSPS) is 12.0. The molecule has 23 heavy (non-hydrogen) atoms. The maximum Gasteiger partial charge on any atom is 0.345 e. The summed E-state index contributed by atoms with van der Waals surface area (Å²) in [5.41, 5.74) is 2.73. The summed E-state index contributed by atoms with van der Waals surface area (Å²) < 4.78 is 0. The van der Waals surface area contributed by atoms with Crippen LogP contribution in [0.15, 0.2) is 35.1 Å². The first-order valence-corrected chi connectivity index (χ1v) is 7.53. The average molecular weight is 315 g/mol. The van der Waals surface area contributed by atoms with Crippen LogP contribution >= 0.6 is 0 Å². The second-order valence-electron chi connectivity index (χ2n) is 5.44. The number of benzene rings is 1. The number of aromatic amines is 1.